The molecule has 0 radical (unpaired) electrons. The minimum absolute atomic E-state index is 0.154. The Balaban J connectivity index is 1.88. The van der Waals surface area contributed by atoms with Gasteiger partial charge in [-0.15, -0.1) is 0 Å². The Morgan fingerprint density at radius 1 is 1.03 bits per heavy atom. The zero-order valence-electron chi connectivity index (χ0n) is 17.0. The number of anilines is 1. The van der Waals surface area contributed by atoms with E-state index in [0.717, 1.165) is 0 Å². The molecule has 1 heterocycles. The maximum absolute atomic E-state index is 13.0. The van der Waals surface area contributed by atoms with Crippen LogP contribution in [0.25, 0.3) is 0 Å². The Hall–Kier alpha value is -3.16. The Bertz CT molecular complexity index is 1140. The highest BCUT2D eigenvalue weighted by Crippen LogP contribution is 2.26. The largest absolute Gasteiger partial charge is 0.441 e. The van der Waals surface area contributed by atoms with E-state index in [1.54, 1.807) is 51.2 Å². The van der Waals surface area contributed by atoms with Gasteiger partial charge in [0.05, 0.1) is 11.3 Å². The third kappa shape index (κ3) is 5.13. The lowest BCUT2D eigenvalue weighted by molar-refractivity contribution is -0.149. The normalized spacial score (nSPS) is 11.6. The van der Waals surface area contributed by atoms with Crippen LogP contribution in [0.3, 0.4) is 0 Å². The number of ketones is 1. The number of nitrogens with zero attached hydrogens (tertiary/aromatic N) is 2. The van der Waals surface area contributed by atoms with Crippen molar-refractivity contribution in [3.05, 3.63) is 81.1 Å². The van der Waals surface area contributed by atoms with Crippen molar-refractivity contribution in [2.45, 2.75) is 20.0 Å². The summed E-state index contributed by atoms with van der Waals surface area (Å²) in [4.78, 5) is 38.4. The number of ether oxygens (including phenoxy) is 1. The van der Waals surface area contributed by atoms with E-state index in [-0.39, 0.29) is 5.56 Å². The number of carbonyl (C=O) groups is 3. The quantitative estimate of drug-likeness (QED) is 0.334. The third-order valence-corrected chi connectivity index (χ3v) is 5.05. The number of hydrogen-bond donors (Lipinski definition) is 1. The van der Waals surface area contributed by atoms with Crippen molar-refractivity contribution >= 4 is 46.5 Å². The number of Topliss-reactive ketones (excluding diaryl/α,β-unsaturated/α-hetero) is 1. The molecule has 9 heteroatoms. The minimum atomic E-state index is -1.37. The first-order chi connectivity index (χ1) is 14.7. The Morgan fingerprint density at radius 2 is 1.65 bits per heavy atom. The number of halogens is 2. The van der Waals surface area contributed by atoms with Gasteiger partial charge in [0.25, 0.3) is 11.7 Å². The second kappa shape index (κ2) is 9.32. The molecule has 0 fully saturated rings. The van der Waals surface area contributed by atoms with Crippen molar-refractivity contribution in [3.63, 3.8) is 0 Å². The van der Waals surface area contributed by atoms with Gasteiger partial charge in [-0.3, -0.25) is 14.3 Å². The summed E-state index contributed by atoms with van der Waals surface area (Å²) >= 11 is 12.0. The highest BCUT2D eigenvalue weighted by atomic mass is 35.5. The van der Waals surface area contributed by atoms with Crippen LogP contribution >= 0.6 is 23.2 Å². The van der Waals surface area contributed by atoms with Gasteiger partial charge in [-0.05, 0) is 32.0 Å². The fourth-order valence-corrected chi connectivity index (χ4v) is 3.63. The molecule has 0 aliphatic heterocycles. The molecule has 0 bridgehead atoms. The Morgan fingerprint density at radius 3 is 2.19 bits per heavy atom. The maximum atomic E-state index is 13.0. The lowest BCUT2D eigenvalue weighted by atomic mass is 10.1. The number of rotatable bonds is 6. The number of nitrogens with one attached hydrogen (secondary N) is 1. The van der Waals surface area contributed by atoms with Crippen LogP contribution in [-0.4, -0.2) is 27.4 Å². The smallest absolute Gasteiger partial charge is 0.380 e. The van der Waals surface area contributed by atoms with E-state index in [2.05, 4.69) is 10.4 Å². The molecule has 3 aromatic rings. The molecule has 3 rings (SSSR count). The molecule has 1 atom stereocenters. The number of esters is 1. The number of aryl methyl sites for hydroxylation is 2. The summed E-state index contributed by atoms with van der Waals surface area (Å²) in [7, 11) is 1.67. The van der Waals surface area contributed by atoms with Gasteiger partial charge in [-0.25, -0.2) is 4.79 Å². The van der Waals surface area contributed by atoms with Gasteiger partial charge >= 0.3 is 5.97 Å². The van der Waals surface area contributed by atoms with Crippen molar-refractivity contribution in [3.8, 4) is 0 Å². The molecule has 2 aromatic carbocycles. The molecule has 7 nitrogen and oxygen atoms in total. The van der Waals surface area contributed by atoms with Crippen LogP contribution in [0.5, 0.6) is 0 Å². The number of amides is 1. The summed E-state index contributed by atoms with van der Waals surface area (Å²) in [5.74, 6) is -2.69. The monoisotopic (exact) mass is 459 g/mol. The van der Waals surface area contributed by atoms with Crippen molar-refractivity contribution in [1.29, 1.82) is 0 Å². The van der Waals surface area contributed by atoms with Crippen LogP contribution in [0, 0.1) is 13.8 Å². The molecule has 1 unspecified atom stereocenters. The van der Waals surface area contributed by atoms with Gasteiger partial charge in [0.1, 0.15) is 0 Å². The maximum Gasteiger partial charge on any atom is 0.380 e. The zero-order valence-corrected chi connectivity index (χ0v) is 18.5. The highest BCUT2D eigenvalue weighted by molar-refractivity contribution is 6.41. The molecule has 0 saturated carbocycles. The molecule has 1 amide bonds. The van der Waals surface area contributed by atoms with Crippen molar-refractivity contribution in [2.24, 2.45) is 7.05 Å². The second-order valence-corrected chi connectivity index (χ2v) is 7.71. The SMILES string of the molecule is Cc1nn(C)c(C)c1C(=O)C(=O)OC(C(=O)Nc1cc(Cl)cc(Cl)c1)c1ccccc1. The van der Waals surface area contributed by atoms with Crippen LogP contribution in [0.15, 0.2) is 48.5 Å². The van der Waals surface area contributed by atoms with Crippen LogP contribution < -0.4 is 5.32 Å². The first-order valence-electron chi connectivity index (χ1n) is 9.24. The average Bonchev–Trinajstić information content (AvgIpc) is 2.96. The summed E-state index contributed by atoms with van der Waals surface area (Å²) in [5, 5.41) is 7.42. The first kappa shape index (κ1) is 22.5. The zero-order chi connectivity index (χ0) is 22.7. The average molecular weight is 460 g/mol. The van der Waals surface area contributed by atoms with Crippen LogP contribution in [0.4, 0.5) is 5.69 Å². The van der Waals surface area contributed by atoms with Crippen LogP contribution in [0.2, 0.25) is 10.0 Å². The topological polar surface area (TPSA) is 90.3 Å². The predicted molar refractivity (Wildman–Crippen MR) is 117 cm³/mol. The molecule has 160 valence electrons. The van der Waals surface area contributed by atoms with Gasteiger partial charge < -0.3 is 10.1 Å². The number of carbonyl (C=O) groups excluding carboxylic acids is 3. The lowest BCUT2D eigenvalue weighted by Crippen LogP contribution is -2.29. The fourth-order valence-electron chi connectivity index (χ4n) is 3.10. The molecule has 0 aliphatic rings. The molecule has 0 saturated heterocycles. The summed E-state index contributed by atoms with van der Waals surface area (Å²) in [6.45, 7) is 3.29. The number of aromatic nitrogens is 2. The number of hydrogen-bond acceptors (Lipinski definition) is 5. The summed E-state index contributed by atoms with van der Waals surface area (Å²) in [5.41, 5.74) is 1.80. The van der Waals surface area contributed by atoms with E-state index in [9.17, 15) is 14.4 Å². The van der Waals surface area contributed by atoms with E-state index in [4.69, 9.17) is 27.9 Å². The number of benzene rings is 2. The van der Waals surface area contributed by atoms with Crippen molar-refractivity contribution in [2.75, 3.05) is 5.32 Å². The molecule has 0 spiro atoms. The Kier molecular flexibility index (Phi) is 6.77. The van der Waals surface area contributed by atoms with Gasteiger partial charge in [0, 0.05) is 34.0 Å². The van der Waals surface area contributed by atoms with E-state index in [0.29, 0.717) is 32.7 Å². The summed E-state index contributed by atoms with van der Waals surface area (Å²) < 4.78 is 6.86. The fraction of sp³-hybridized carbons (Fsp3) is 0.182. The first-order valence-corrected chi connectivity index (χ1v) is 10.0. The van der Waals surface area contributed by atoms with Gasteiger partial charge in [-0.1, -0.05) is 53.5 Å². The Labute approximate surface area is 188 Å². The van der Waals surface area contributed by atoms with E-state index >= 15 is 0 Å². The second-order valence-electron chi connectivity index (χ2n) is 6.84. The molecular formula is C22H19Cl2N3O4. The van der Waals surface area contributed by atoms with E-state index < -0.39 is 23.8 Å². The van der Waals surface area contributed by atoms with Gasteiger partial charge in [0.2, 0.25) is 6.10 Å². The minimum Gasteiger partial charge on any atom is -0.441 e. The predicted octanol–water partition coefficient (Wildman–Crippen LogP) is 4.45. The van der Waals surface area contributed by atoms with Crippen LogP contribution in [0.1, 0.15) is 33.4 Å². The van der Waals surface area contributed by atoms with Crippen molar-refractivity contribution < 1.29 is 19.1 Å². The van der Waals surface area contributed by atoms with Gasteiger partial charge in [-0.2, -0.15) is 5.10 Å². The lowest BCUT2D eigenvalue weighted by Gasteiger charge is -2.18. The summed E-state index contributed by atoms with van der Waals surface area (Å²) in [6.07, 6.45) is -1.37. The van der Waals surface area contributed by atoms with Gasteiger partial charge in [0.15, 0.2) is 0 Å². The third-order valence-electron chi connectivity index (χ3n) is 4.62. The van der Waals surface area contributed by atoms with Crippen LogP contribution in [-0.2, 0) is 21.4 Å². The molecular weight excluding hydrogens is 441 g/mol. The van der Waals surface area contributed by atoms with E-state index in [1.807, 2.05) is 0 Å². The molecule has 31 heavy (non-hydrogen) atoms. The standard InChI is InChI=1S/C22H19Cl2N3O4/c1-12-18(13(2)27(3)26-12)19(28)22(30)31-20(14-7-5-4-6-8-14)21(29)25-17-10-15(23)9-16(24)11-17/h4-11,20H,1-3H3,(H,25,29). The highest BCUT2D eigenvalue weighted by Gasteiger charge is 2.31. The van der Waals surface area contributed by atoms with E-state index in [1.165, 1.54) is 22.9 Å². The molecule has 1 aromatic heterocycles. The molecule has 0 aliphatic carbocycles. The molecule has 1 N–H and O–H groups in total. The van der Waals surface area contributed by atoms with Crippen molar-refractivity contribution in [1.82, 2.24) is 9.78 Å². The summed E-state index contributed by atoms with van der Waals surface area (Å²) in [6, 6.07) is 12.9.